The van der Waals surface area contributed by atoms with E-state index in [0.717, 1.165) is 5.57 Å². The van der Waals surface area contributed by atoms with Crippen molar-refractivity contribution in [2.45, 2.75) is 34.1 Å². The van der Waals surface area contributed by atoms with Crippen LogP contribution in [0.15, 0.2) is 58.2 Å². The van der Waals surface area contributed by atoms with Gasteiger partial charge in [0.15, 0.2) is 11.6 Å². The lowest BCUT2D eigenvalue weighted by atomic mass is 9.84. The number of Topliss-reactive ketones (excluding diaryl/α,β-unsaturated/α-hetero) is 2. The Labute approximate surface area is 152 Å². The van der Waals surface area contributed by atoms with Gasteiger partial charge in [-0.2, -0.15) is 0 Å². The van der Waals surface area contributed by atoms with Crippen LogP contribution in [0.2, 0.25) is 0 Å². The Kier molecular flexibility index (Phi) is 5.87. The maximum atomic E-state index is 12.4. The van der Waals surface area contributed by atoms with E-state index in [0.29, 0.717) is 41.1 Å². The van der Waals surface area contributed by atoms with E-state index >= 15 is 0 Å². The molecule has 0 aromatic heterocycles. The highest BCUT2D eigenvalue weighted by Crippen LogP contribution is 2.26. The number of non-ortho nitro benzene ring substituents is 1. The molecular formula is C20H21NO5. The largest absolute Gasteiger partial charge is 0.489 e. The summed E-state index contributed by atoms with van der Waals surface area (Å²) in [6, 6.07) is 5.84. The van der Waals surface area contributed by atoms with Crippen molar-refractivity contribution in [1.29, 1.82) is 0 Å². The maximum absolute atomic E-state index is 12.4. The Morgan fingerprint density at radius 2 is 1.62 bits per heavy atom. The monoisotopic (exact) mass is 355 g/mol. The molecule has 0 heterocycles. The molecule has 0 spiro atoms. The zero-order valence-electron chi connectivity index (χ0n) is 15.3. The van der Waals surface area contributed by atoms with Crippen molar-refractivity contribution >= 4 is 17.3 Å². The summed E-state index contributed by atoms with van der Waals surface area (Å²) in [5.74, 6) is 0.363. The molecule has 26 heavy (non-hydrogen) atoms. The Balaban J connectivity index is 2.01. The average molecular weight is 355 g/mol. The standard InChI is InChI=1S/C20H21NO5/c1-12(11-26-17-8-6-16(7-9-17)21(24)25)5-10-18-15(4)19(22)13(2)14(3)20(18)23/h5-9H,10-11H2,1-4H3/b12-5-. The average Bonchev–Trinajstić information content (AvgIpc) is 2.63. The summed E-state index contributed by atoms with van der Waals surface area (Å²) in [5, 5.41) is 10.6. The number of hydrogen-bond acceptors (Lipinski definition) is 5. The molecule has 136 valence electrons. The Morgan fingerprint density at radius 3 is 2.19 bits per heavy atom. The highest BCUT2D eigenvalue weighted by molar-refractivity contribution is 6.24. The van der Waals surface area contributed by atoms with E-state index in [1.807, 2.05) is 13.0 Å². The van der Waals surface area contributed by atoms with Gasteiger partial charge in [0.1, 0.15) is 12.4 Å². The molecule has 6 nitrogen and oxygen atoms in total. The third-order valence-corrected chi connectivity index (χ3v) is 4.48. The number of carbonyl (C=O) groups excluding carboxylic acids is 2. The van der Waals surface area contributed by atoms with Gasteiger partial charge >= 0.3 is 0 Å². The second-order valence-corrected chi connectivity index (χ2v) is 6.31. The molecule has 6 heteroatoms. The predicted molar refractivity (Wildman–Crippen MR) is 98.1 cm³/mol. The number of rotatable bonds is 6. The predicted octanol–water partition coefficient (Wildman–Crippen LogP) is 4.11. The van der Waals surface area contributed by atoms with E-state index in [1.54, 1.807) is 32.9 Å². The van der Waals surface area contributed by atoms with Gasteiger partial charge in [-0.1, -0.05) is 6.08 Å². The maximum Gasteiger partial charge on any atom is 0.269 e. The van der Waals surface area contributed by atoms with Crippen LogP contribution >= 0.6 is 0 Å². The van der Waals surface area contributed by atoms with Crippen molar-refractivity contribution in [3.05, 3.63) is 68.3 Å². The SMILES string of the molecule is CC1=C(C)C(=O)C(C/C=C(/C)COc2ccc([N+](=O)[O-])cc2)=C(C)C1=O. The minimum atomic E-state index is -0.467. The molecule has 1 aliphatic rings. The highest BCUT2D eigenvalue weighted by atomic mass is 16.6. The van der Waals surface area contributed by atoms with E-state index in [-0.39, 0.29) is 17.3 Å². The van der Waals surface area contributed by atoms with Crippen molar-refractivity contribution in [2.75, 3.05) is 6.61 Å². The van der Waals surface area contributed by atoms with Crippen LogP contribution < -0.4 is 4.74 Å². The summed E-state index contributed by atoms with van der Waals surface area (Å²) in [6.45, 7) is 7.19. The van der Waals surface area contributed by atoms with E-state index in [2.05, 4.69) is 0 Å². The van der Waals surface area contributed by atoms with Gasteiger partial charge in [0, 0.05) is 34.4 Å². The number of nitrogens with zero attached hydrogens (tertiary/aromatic N) is 1. The summed E-state index contributed by atoms with van der Waals surface area (Å²) in [4.78, 5) is 34.7. The van der Waals surface area contributed by atoms with E-state index in [1.165, 1.54) is 12.1 Å². The second-order valence-electron chi connectivity index (χ2n) is 6.31. The number of carbonyl (C=O) groups is 2. The Morgan fingerprint density at radius 1 is 1.04 bits per heavy atom. The second kappa shape index (κ2) is 7.91. The molecular weight excluding hydrogens is 334 g/mol. The lowest BCUT2D eigenvalue weighted by Gasteiger charge is -2.17. The molecule has 1 aromatic carbocycles. The molecule has 0 fully saturated rings. The van der Waals surface area contributed by atoms with Crippen molar-refractivity contribution in [3.63, 3.8) is 0 Å². The summed E-state index contributed by atoms with van der Waals surface area (Å²) >= 11 is 0. The number of ether oxygens (including phenoxy) is 1. The van der Waals surface area contributed by atoms with Crippen LogP contribution in [0.5, 0.6) is 5.75 Å². The van der Waals surface area contributed by atoms with Crippen LogP contribution in [0, 0.1) is 10.1 Å². The molecule has 0 N–H and O–H groups in total. The van der Waals surface area contributed by atoms with Gasteiger partial charge in [0.05, 0.1) is 4.92 Å². The van der Waals surface area contributed by atoms with Gasteiger partial charge < -0.3 is 4.74 Å². The molecule has 0 atom stereocenters. The summed E-state index contributed by atoms with van der Waals surface area (Å²) in [5.41, 5.74) is 2.94. The molecule has 0 radical (unpaired) electrons. The summed E-state index contributed by atoms with van der Waals surface area (Å²) in [7, 11) is 0. The van der Waals surface area contributed by atoms with Gasteiger partial charge in [0.2, 0.25) is 0 Å². The minimum absolute atomic E-state index is 0.00576. The fourth-order valence-electron chi connectivity index (χ4n) is 2.60. The first-order valence-electron chi connectivity index (χ1n) is 8.22. The number of hydrogen-bond donors (Lipinski definition) is 0. The summed E-state index contributed by atoms with van der Waals surface area (Å²) < 4.78 is 5.59. The van der Waals surface area contributed by atoms with Crippen LogP contribution in [0.3, 0.4) is 0 Å². The number of allylic oxidation sites excluding steroid dienone is 5. The van der Waals surface area contributed by atoms with Crippen LogP contribution in [-0.4, -0.2) is 23.1 Å². The molecule has 0 saturated carbocycles. The normalized spacial score (nSPS) is 15.6. The molecule has 0 aliphatic heterocycles. The minimum Gasteiger partial charge on any atom is -0.489 e. The van der Waals surface area contributed by atoms with Gasteiger partial charge in [-0.3, -0.25) is 19.7 Å². The zero-order valence-corrected chi connectivity index (χ0v) is 15.3. The molecule has 0 bridgehead atoms. The quantitative estimate of drug-likeness (QED) is 0.332. The fourth-order valence-corrected chi connectivity index (χ4v) is 2.60. The smallest absolute Gasteiger partial charge is 0.269 e. The van der Waals surface area contributed by atoms with E-state index in [4.69, 9.17) is 4.74 Å². The molecule has 0 unspecified atom stereocenters. The Bertz CT molecular complexity index is 857. The molecule has 2 rings (SSSR count). The number of ketones is 2. The molecule has 1 aromatic rings. The lowest BCUT2D eigenvalue weighted by Crippen LogP contribution is -2.20. The topological polar surface area (TPSA) is 86.5 Å². The van der Waals surface area contributed by atoms with Gasteiger partial charge in [-0.15, -0.1) is 0 Å². The van der Waals surface area contributed by atoms with E-state index in [9.17, 15) is 19.7 Å². The van der Waals surface area contributed by atoms with Crippen molar-refractivity contribution in [1.82, 2.24) is 0 Å². The van der Waals surface area contributed by atoms with Gasteiger partial charge in [0.25, 0.3) is 5.69 Å². The Hall–Kier alpha value is -3.02. The first-order valence-corrected chi connectivity index (χ1v) is 8.22. The first-order chi connectivity index (χ1) is 12.2. The third kappa shape index (κ3) is 4.14. The van der Waals surface area contributed by atoms with Crippen LogP contribution in [0.25, 0.3) is 0 Å². The van der Waals surface area contributed by atoms with Crippen LogP contribution in [0.1, 0.15) is 34.1 Å². The molecule has 1 aliphatic carbocycles. The summed E-state index contributed by atoms with van der Waals surface area (Å²) in [6.07, 6.45) is 2.24. The molecule has 0 amide bonds. The van der Waals surface area contributed by atoms with Gasteiger partial charge in [-0.05, 0) is 51.8 Å². The fraction of sp³-hybridized carbons (Fsp3) is 0.300. The van der Waals surface area contributed by atoms with Gasteiger partial charge in [-0.25, -0.2) is 0 Å². The van der Waals surface area contributed by atoms with Crippen molar-refractivity contribution in [2.24, 2.45) is 0 Å². The number of nitro groups is 1. The number of benzene rings is 1. The van der Waals surface area contributed by atoms with Crippen molar-refractivity contribution in [3.8, 4) is 5.75 Å². The lowest BCUT2D eigenvalue weighted by molar-refractivity contribution is -0.384. The van der Waals surface area contributed by atoms with Crippen LogP contribution in [-0.2, 0) is 9.59 Å². The van der Waals surface area contributed by atoms with Crippen molar-refractivity contribution < 1.29 is 19.2 Å². The third-order valence-electron chi connectivity index (χ3n) is 4.48. The zero-order chi connectivity index (χ0) is 19.4. The van der Waals surface area contributed by atoms with E-state index < -0.39 is 4.92 Å². The van der Waals surface area contributed by atoms with Crippen LogP contribution in [0.4, 0.5) is 5.69 Å². The first kappa shape index (κ1) is 19.3. The molecule has 0 saturated heterocycles. The highest BCUT2D eigenvalue weighted by Gasteiger charge is 2.26. The number of nitro benzene ring substituents is 1.